The summed E-state index contributed by atoms with van der Waals surface area (Å²) >= 11 is 0. The van der Waals surface area contributed by atoms with Crippen molar-refractivity contribution in [2.45, 2.75) is 33.7 Å². The largest absolute Gasteiger partial charge is 0.574 e. The van der Waals surface area contributed by atoms with Crippen LogP contribution in [0, 0.1) is 5.41 Å². The van der Waals surface area contributed by atoms with Crippen molar-refractivity contribution in [2.75, 3.05) is 0 Å². The summed E-state index contributed by atoms with van der Waals surface area (Å²) < 4.78 is 45.9. The third-order valence-electron chi connectivity index (χ3n) is 4.34. The number of alkyl halides is 3. The van der Waals surface area contributed by atoms with Crippen LogP contribution in [-0.2, 0) is 6.54 Å². The lowest BCUT2D eigenvalue weighted by atomic mass is 9.97. The lowest BCUT2D eigenvalue weighted by Crippen LogP contribution is -2.18. The van der Waals surface area contributed by atoms with Gasteiger partial charge in [-0.25, -0.2) is 9.97 Å². The van der Waals surface area contributed by atoms with E-state index in [9.17, 15) is 13.2 Å². The van der Waals surface area contributed by atoms with Gasteiger partial charge in [-0.1, -0.05) is 20.8 Å². The average Bonchev–Trinajstić information content (AvgIpc) is 3.27. The number of fused-ring (bicyclic) bond motifs is 1. The van der Waals surface area contributed by atoms with E-state index >= 15 is 0 Å². The molecule has 6 nitrogen and oxygen atoms in total. The maximum Gasteiger partial charge on any atom is 0.574 e. The van der Waals surface area contributed by atoms with Crippen molar-refractivity contribution in [1.29, 1.82) is 0 Å². The van der Waals surface area contributed by atoms with Crippen molar-refractivity contribution in [1.82, 2.24) is 24.1 Å². The van der Waals surface area contributed by atoms with E-state index in [1.807, 2.05) is 10.9 Å². The van der Waals surface area contributed by atoms with Gasteiger partial charge in [0, 0.05) is 54.1 Å². The molecule has 0 bridgehead atoms. The van der Waals surface area contributed by atoms with Gasteiger partial charge < -0.3 is 9.14 Å². The number of hydrogen-bond acceptors (Lipinski definition) is 4. The van der Waals surface area contributed by atoms with E-state index in [0.717, 1.165) is 5.56 Å². The van der Waals surface area contributed by atoms with E-state index < -0.39 is 12.2 Å². The fourth-order valence-corrected chi connectivity index (χ4v) is 3.20. The summed E-state index contributed by atoms with van der Waals surface area (Å²) in [5.41, 5.74) is 3.08. The summed E-state index contributed by atoms with van der Waals surface area (Å²) in [7, 11) is 0. The van der Waals surface area contributed by atoms with Crippen LogP contribution in [0.25, 0.3) is 28.0 Å². The van der Waals surface area contributed by atoms with E-state index in [2.05, 4.69) is 40.6 Å². The van der Waals surface area contributed by atoms with Crippen molar-refractivity contribution < 1.29 is 17.9 Å². The Hall–Kier alpha value is -3.36. The van der Waals surface area contributed by atoms with E-state index in [4.69, 9.17) is 0 Å². The first-order valence-corrected chi connectivity index (χ1v) is 9.30. The number of imidazole rings is 1. The van der Waals surface area contributed by atoms with Gasteiger partial charge in [-0.3, -0.25) is 4.68 Å². The van der Waals surface area contributed by atoms with Gasteiger partial charge in [0.1, 0.15) is 5.65 Å². The third kappa shape index (κ3) is 4.45. The smallest absolute Gasteiger partial charge is 0.388 e. The quantitative estimate of drug-likeness (QED) is 0.459. The minimum Gasteiger partial charge on any atom is -0.388 e. The summed E-state index contributed by atoms with van der Waals surface area (Å²) in [6.45, 7) is 7.00. The summed E-state index contributed by atoms with van der Waals surface area (Å²) in [4.78, 5) is 8.40. The molecule has 4 heterocycles. The fourth-order valence-electron chi connectivity index (χ4n) is 3.20. The number of halogens is 3. The molecule has 0 saturated heterocycles. The molecule has 9 heteroatoms. The molecule has 0 N–H and O–H groups in total. The Kier molecular flexibility index (Phi) is 4.76. The Balaban J connectivity index is 1.81. The van der Waals surface area contributed by atoms with Crippen molar-refractivity contribution >= 4 is 5.65 Å². The highest BCUT2D eigenvalue weighted by Gasteiger charge is 2.32. The fraction of sp³-hybridized carbons (Fsp3) is 0.286. The number of nitrogens with zero attached hydrogens (tertiary/aromatic N) is 5. The Morgan fingerprint density at radius 1 is 1.03 bits per heavy atom. The highest BCUT2D eigenvalue weighted by Crippen LogP contribution is 2.34. The van der Waals surface area contributed by atoms with Gasteiger partial charge >= 0.3 is 6.36 Å². The number of rotatable bonds is 4. The molecule has 0 aliphatic rings. The van der Waals surface area contributed by atoms with Gasteiger partial charge in [-0.2, -0.15) is 5.10 Å². The van der Waals surface area contributed by atoms with Crippen LogP contribution in [0.2, 0.25) is 0 Å². The topological polar surface area (TPSA) is 57.2 Å². The first kappa shape index (κ1) is 19.9. The third-order valence-corrected chi connectivity index (χ3v) is 4.34. The lowest BCUT2D eigenvalue weighted by molar-refractivity contribution is -0.276. The second kappa shape index (κ2) is 7.16. The molecule has 0 amide bonds. The highest BCUT2D eigenvalue weighted by molar-refractivity contribution is 5.81. The summed E-state index contributed by atoms with van der Waals surface area (Å²) in [6.07, 6.45) is 3.94. The van der Waals surface area contributed by atoms with E-state index in [1.165, 1.54) is 6.07 Å². The van der Waals surface area contributed by atoms with Gasteiger partial charge in [0.25, 0.3) is 0 Å². The van der Waals surface area contributed by atoms with Crippen LogP contribution in [0.3, 0.4) is 0 Å². The van der Waals surface area contributed by atoms with Crippen LogP contribution in [0.15, 0.2) is 55.2 Å². The van der Waals surface area contributed by atoms with Crippen molar-refractivity contribution in [2.24, 2.45) is 5.41 Å². The minimum absolute atomic E-state index is 0.0283. The molecule has 0 aliphatic heterocycles. The standard InChI is InChI=1S/C21H20F3N5O/c1-20(2,3)13-29-12-15(11-26-29)16-4-5-18(30-21(22,23)24)27-19(16)14-6-8-28-9-7-25-17(28)10-14/h4-12H,13H2,1-3H3. The maximum absolute atomic E-state index is 12.7. The Morgan fingerprint density at radius 2 is 1.83 bits per heavy atom. The molecule has 156 valence electrons. The number of ether oxygens (including phenoxy) is 1. The van der Waals surface area contributed by atoms with Crippen LogP contribution in [0.4, 0.5) is 13.2 Å². The zero-order chi connectivity index (χ0) is 21.5. The van der Waals surface area contributed by atoms with Crippen molar-refractivity contribution in [3.63, 3.8) is 0 Å². The summed E-state index contributed by atoms with van der Waals surface area (Å²) in [6, 6.07) is 6.32. The molecule has 4 aromatic heterocycles. The first-order chi connectivity index (χ1) is 14.1. The molecule has 0 radical (unpaired) electrons. The Bertz CT molecular complexity index is 1190. The van der Waals surface area contributed by atoms with Gasteiger partial charge in [0.05, 0.1) is 11.9 Å². The number of hydrogen-bond donors (Lipinski definition) is 0. The molecule has 4 aromatic rings. The van der Waals surface area contributed by atoms with E-state index in [1.54, 1.807) is 47.4 Å². The van der Waals surface area contributed by atoms with Gasteiger partial charge in [0.2, 0.25) is 5.88 Å². The summed E-state index contributed by atoms with van der Waals surface area (Å²) in [5.74, 6) is -0.522. The van der Waals surface area contributed by atoms with Gasteiger partial charge in [-0.05, 0) is 23.6 Å². The molecule has 0 fully saturated rings. The summed E-state index contributed by atoms with van der Waals surface area (Å²) in [5, 5.41) is 4.40. The molecule has 0 spiro atoms. The SMILES string of the molecule is CC(C)(C)Cn1cc(-c2ccc(OC(F)(F)F)nc2-c2ccn3ccnc3c2)cn1. The van der Waals surface area contributed by atoms with Crippen molar-refractivity contribution in [3.05, 3.63) is 55.2 Å². The Labute approximate surface area is 171 Å². The lowest BCUT2D eigenvalue weighted by Gasteiger charge is -2.17. The van der Waals surface area contributed by atoms with Crippen LogP contribution >= 0.6 is 0 Å². The van der Waals surface area contributed by atoms with Crippen molar-refractivity contribution in [3.8, 4) is 28.3 Å². The van der Waals surface area contributed by atoms with Crippen LogP contribution < -0.4 is 4.74 Å². The van der Waals surface area contributed by atoms with Gasteiger partial charge in [0.15, 0.2) is 0 Å². The van der Waals surface area contributed by atoms with E-state index in [-0.39, 0.29) is 5.41 Å². The van der Waals surface area contributed by atoms with E-state index in [0.29, 0.717) is 29.0 Å². The molecule has 4 rings (SSSR count). The molecular weight excluding hydrogens is 395 g/mol. The first-order valence-electron chi connectivity index (χ1n) is 9.30. The Morgan fingerprint density at radius 3 is 2.57 bits per heavy atom. The predicted molar refractivity (Wildman–Crippen MR) is 106 cm³/mol. The monoisotopic (exact) mass is 415 g/mol. The highest BCUT2D eigenvalue weighted by atomic mass is 19.4. The molecular formula is C21H20F3N5O. The molecule has 0 atom stereocenters. The van der Waals surface area contributed by atoms with Crippen LogP contribution in [0.1, 0.15) is 20.8 Å². The zero-order valence-electron chi connectivity index (χ0n) is 16.7. The predicted octanol–water partition coefficient (Wildman–Crippen LogP) is 5.20. The van der Waals surface area contributed by atoms with Crippen LogP contribution in [0.5, 0.6) is 5.88 Å². The second-order valence-corrected chi connectivity index (χ2v) is 8.19. The molecule has 0 aromatic carbocycles. The molecule has 30 heavy (non-hydrogen) atoms. The second-order valence-electron chi connectivity index (χ2n) is 8.19. The molecule has 0 saturated carbocycles. The van der Waals surface area contributed by atoms with Gasteiger partial charge in [-0.15, -0.1) is 13.2 Å². The maximum atomic E-state index is 12.7. The van der Waals surface area contributed by atoms with Crippen LogP contribution in [-0.4, -0.2) is 30.5 Å². The normalized spacial score (nSPS) is 12.5. The average molecular weight is 415 g/mol. The molecule has 0 aliphatic carbocycles. The molecule has 0 unspecified atom stereocenters. The number of aromatic nitrogens is 5. The zero-order valence-corrected chi connectivity index (χ0v) is 16.7. The minimum atomic E-state index is -4.82. The number of pyridine rings is 2.